The molecule has 0 amide bonds. The number of esters is 1. The van der Waals surface area contributed by atoms with Crippen molar-refractivity contribution in [2.75, 3.05) is 7.11 Å². The van der Waals surface area contributed by atoms with Crippen LogP contribution in [0.2, 0.25) is 10.0 Å². The first-order valence-electron chi connectivity index (χ1n) is 5.52. The predicted octanol–water partition coefficient (Wildman–Crippen LogP) is 4.13. The molecule has 104 valence electrons. The molecule has 7 heteroatoms. The third-order valence-electron chi connectivity index (χ3n) is 2.57. The standard InChI is InChI=1S/C13H9BrCl2N2O2/c1-20-13(19)12-17-6-8(5-14)11(18-12)7-2-3-9(15)10(16)4-7/h2-4,6H,5H2,1H3. The van der Waals surface area contributed by atoms with Crippen LogP contribution in [0.4, 0.5) is 0 Å². The lowest BCUT2D eigenvalue weighted by molar-refractivity contribution is 0.0587. The zero-order valence-corrected chi connectivity index (χ0v) is 13.5. The van der Waals surface area contributed by atoms with Crippen LogP contribution in [0.1, 0.15) is 16.2 Å². The molecule has 0 atom stereocenters. The molecule has 0 N–H and O–H groups in total. The molecule has 20 heavy (non-hydrogen) atoms. The van der Waals surface area contributed by atoms with Crippen LogP contribution in [0.25, 0.3) is 11.3 Å². The molecule has 0 aliphatic rings. The number of alkyl halides is 1. The Bertz CT molecular complexity index is 665. The Labute approximate surface area is 134 Å². The van der Waals surface area contributed by atoms with E-state index < -0.39 is 5.97 Å². The van der Waals surface area contributed by atoms with Crippen molar-refractivity contribution in [3.63, 3.8) is 0 Å². The molecular formula is C13H9BrCl2N2O2. The van der Waals surface area contributed by atoms with Crippen LogP contribution < -0.4 is 0 Å². The number of benzene rings is 1. The summed E-state index contributed by atoms with van der Waals surface area (Å²) in [6.45, 7) is 0. The van der Waals surface area contributed by atoms with Crippen LogP contribution in [0.15, 0.2) is 24.4 Å². The van der Waals surface area contributed by atoms with Gasteiger partial charge in [-0.1, -0.05) is 45.2 Å². The van der Waals surface area contributed by atoms with E-state index in [2.05, 4.69) is 30.6 Å². The normalized spacial score (nSPS) is 10.4. The van der Waals surface area contributed by atoms with Crippen LogP contribution in [0, 0.1) is 0 Å². The number of halogens is 3. The van der Waals surface area contributed by atoms with E-state index in [0.29, 0.717) is 21.1 Å². The first-order chi connectivity index (χ1) is 9.56. The second-order valence-electron chi connectivity index (χ2n) is 3.82. The first kappa shape index (κ1) is 15.2. The highest BCUT2D eigenvalue weighted by molar-refractivity contribution is 9.08. The summed E-state index contributed by atoms with van der Waals surface area (Å²) in [5.41, 5.74) is 2.19. The lowest BCUT2D eigenvalue weighted by Crippen LogP contribution is -2.09. The molecule has 1 aromatic carbocycles. The molecule has 0 unspecified atom stereocenters. The van der Waals surface area contributed by atoms with Gasteiger partial charge in [0.2, 0.25) is 5.82 Å². The second kappa shape index (κ2) is 6.52. The van der Waals surface area contributed by atoms with Crippen molar-refractivity contribution in [2.45, 2.75) is 5.33 Å². The van der Waals surface area contributed by atoms with Gasteiger partial charge in [-0.15, -0.1) is 0 Å². The highest BCUT2D eigenvalue weighted by atomic mass is 79.9. The van der Waals surface area contributed by atoms with Crippen molar-refractivity contribution in [2.24, 2.45) is 0 Å². The number of hydrogen-bond donors (Lipinski definition) is 0. The molecule has 1 heterocycles. The number of nitrogens with zero attached hydrogens (tertiary/aromatic N) is 2. The van der Waals surface area contributed by atoms with E-state index in [1.165, 1.54) is 7.11 Å². The lowest BCUT2D eigenvalue weighted by atomic mass is 10.1. The molecule has 0 aliphatic carbocycles. The van der Waals surface area contributed by atoms with Gasteiger partial charge in [-0.05, 0) is 12.1 Å². The molecule has 0 bridgehead atoms. The fourth-order valence-corrected chi connectivity index (χ4v) is 2.30. The zero-order chi connectivity index (χ0) is 14.7. The van der Waals surface area contributed by atoms with E-state index >= 15 is 0 Å². The Morgan fingerprint density at radius 2 is 2.10 bits per heavy atom. The zero-order valence-electron chi connectivity index (χ0n) is 10.4. The van der Waals surface area contributed by atoms with Crippen LogP contribution in [0.5, 0.6) is 0 Å². The van der Waals surface area contributed by atoms with Crippen molar-refractivity contribution >= 4 is 45.1 Å². The first-order valence-corrected chi connectivity index (χ1v) is 7.40. The summed E-state index contributed by atoms with van der Waals surface area (Å²) in [5.74, 6) is -0.592. The molecular weight excluding hydrogens is 367 g/mol. The molecule has 4 nitrogen and oxygen atoms in total. The third kappa shape index (κ3) is 3.11. The summed E-state index contributed by atoms with van der Waals surface area (Å²) < 4.78 is 4.62. The molecule has 0 fully saturated rings. The highest BCUT2D eigenvalue weighted by Gasteiger charge is 2.15. The number of carbonyl (C=O) groups is 1. The van der Waals surface area contributed by atoms with Gasteiger partial charge in [0.25, 0.3) is 0 Å². The minimum absolute atomic E-state index is 0.00160. The van der Waals surface area contributed by atoms with E-state index in [0.717, 1.165) is 11.1 Å². The van der Waals surface area contributed by atoms with Crippen LogP contribution in [0.3, 0.4) is 0 Å². The average Bonchev–Trinajstić information content (AvgIpc) is 2.48. The molecule has 0 saturated carbocycles. The summed E-state index contributed by atoms with van der Waals surface area (Å²) in [5, 5.41) is 1.42. The van der Waals surface area contributed by atoms with Crippen LogP contribution in [-0.4, -0.2) is 23.0 Å². The van der Waals surface area contributed by atoms with Gasteiger partial charge in [-0.25, -0.2) is 14.8 Å². The molecule has 2 aromatic rings. The minimum Gasteiger partial charge on any atom is -0.463 e. The Balaban J connectivity index is 2.57. The van der Waals surface area contributed by atoms with Crippen molar-refractivity contribution in [1.82, 2.24) is 9.97 Å². The van der Waals surface area contributed by atoms with Gasteiger partial charge in [0.05, 0.1) is 22.8 Å². The van der Waals surface area contributed by atoms with Gasteiger partial charge >= 0.3 is 5.97 Å². The topological polar surface area (TPSA) is 52.1 Å². The van der Waals surface area contributed by atoms with Crippen molar-refractivity contribution in [1.29, 1.82) is 0 Å². The van der Waals surface area contributed by atoms with Crippen LogP contribution >= 0.6 is 39.1 Å². The summed E-state index contributed by atoms with van der Waals surface area (Å²) in [7, 11) is 1.28. The summed E-state index contributed by atoms with van der Waals surface area (Å²) in [6.07, 6.45) is 1.58. The second-order valence-corrected chi connectivity index (χ2v) is 5.20. The maximum Gasteiger partial charge on any atom is 0.376 e. The molecule has 2 rings (SSSR count). The number of aromatic nitrogens is 2. The monoisotopic (exact) mass is 374 g/mol. The van der Waals surface area contributed by atoms with Gasteiger partial charge in [0, 0.05) is 22.7 Å². The Kier molecular flexibility index (Phi) is 4.96. The third-order valence-corrected chi connectivity index (χ3v) is 3.91. The van der Waals surface area contributed by atoms with E-state index in [1.54, 1.807) is 24.4 Å². The van der Waals surface area contributed by atoms with Crippen LogP contribution in [-0.2, 0) is 10.1 Å². The quantitative estimate of drug-likeness (QED) is 0.597. The number of carbonyl (C=O) groups excluding carboxylic acids is 1. The van der Waals surface area contributed by atoms with Crippen molar-refractivity contribution < 1.29 is 9.53 Å². The van der Waals surface area contributed by atoms with E-state index in [4.69, 9.17) is 23.2 Å². The van der Waals surface area contributed by atoms with Gasteiger partial charge in [-0.2, -0.15) is 0 Å². The Morgan fingerprint density at radius 3 is 2.70 bits per heavy atom. The fourth-order valence-electron chi connectivity index (χ4n) is 1.59. The average molecular weight is 376 g/mol. The number of ether oxygens (including phenoxy) is 1. The number of hydrogen-bond acceptors (Lipinski definition) is 4. The van der Waals surface area contributed by atoms with Gasteiger partial charge in [-0.3, -0.25) is 0 Å². The largest absolute Gasteiger partial charge is 0.463 e. The lowest BCUT2D eigenvalue weighted by Gasteiger charge is -2.08. The predicted molar refractivity (Wildman–Crippen MR) is 81.5 cm³/mol. The molecule has 0 spiro atoms. The SMILES string of the molecule is COC(=O)c1ncc(CBr)c(-c2ccc(Cl)c(Cl)c2)n1. The molecule has 0 aliphatic heterocycles. The Hall–Kier alpha value is -1.17. The van der Waals surface area contributed by atoms with E-state index in [1.807, 2.05) is 0 Å². The molecule has 0 radical (unpaired) electrons. The summed E-state index contributed by atoms with van der Waals surface area (Å²) >= 11 is 15.3. The Morgan fingerprint density at radius 1 is 1.35 bits per heavy atom. The fraction of sp³-hybridized carbons (Fsp3) is 0.154. The maximum absolute atomic E-state index is 11.5. The summed E-state index contributed by atoms with van der Waals surface area (Å²) in [4.78, 5) is 19.7. The van der Waals surface area contributed by atoms with Crippen molar-refractivity contribution in [3.8, 4) is 11.3 Å². The molecule has 0 saturated heterocycles. The minimum atomic E-state index is -0.590. The number of methoxy groups -OCH3 is 1. The smallest absolute Gasteiger partial charge is 0.376 e. The number of rotatable bonds is 3. The van der Waals surface area contributed by atoms with E-state index in [-0.39, 0.29) is 5.82 Å². The van der Waals surface area contributed by atoms with Gasteiger partial charge in [0.1, 0.15) is 0 Å². The highest BCUT2D eigenvalue weighted by Crippen LogP contribution is 2.30. The maximum atomic E-state index is 11.5. The van der Waals surface area contributed by atoms with Gasteiger partial charge in [0.15, 0.2) is 0 Å². The van der Waals surface area contributed by atoms with Gasteiger partial charge < -0.3 is 4.74 Å². The van der Waals surface area contributed by atoms with Crippen molar-refractivity contribution in [3.05, 3.63) is 45.8 Å². The summed E-state index contributed by atoms with van der Waals surface area (Å²) in [6, 6.07) is 5.15. The van der Waals surface area contributed by atoms with E-state index in [9.17, 15) is 4.79 Å². The molecule has 1 aromatic heterocycles.